The minimum atomic E-state index is -3.84. The van der Waals surface area contributed by atoms with Gasteiger partial charge < -0.3 is 9.84 Å². The Kier molecular flexibility index (Phi) is 7.58. The van der Waals surface area contributed by atoms with Gasteiger partial charge in [0.1, 0.15) is 16.7 Å². The van der Waals surface area contributed by atoms with Crippen molar-refractivity contribution >= 4 is 10.0 Å². The number of rotatable bonds is 6. The topological polar surface area (TPSA) is 83.0 Å². The molecule has 0 spiro atoms. The highest BCUT2D eigenvalue weighted by Gasteiger charge is 2.38. The fourth-order valence-electron chi connectivity index (χ4n) is 4.11. The van der Waals surface area contributed by atoms with Crippen LogP contribution in [0.2, 0.25) is 0 Å². The molecule has 1 fully saturated rings. The van der Waals surface area contributed by atoms with Gasteiger partial charge in [-0.15, -0.1) is 0 Å². The second-order valence-corrected chi connectivity index (χ2v) is 11.4. The fraction of sp³-hybridized carbons (Fsp3) is 0.500. The van der Waals surface area contributed by atoms with E-state index in [1.165, 1.54) is 4.31 Å². The van der Waals surface area contributed by atoms with Crippen LogP contribution in [0.3, 0.4) is 0 Å². The smallest absolute Gasteiger partial charge is 0.247 e. The molecule has 0 saturated heterocycles. The number of nitrogens with zero attached hydrogens (tertiary/aromatic N) is 3. The van der Waals surface area contributed by atoms with E-state index in [2.05, 4.69) is 21.7 Å². The van der Waals surface area contributed by atoms with Crippen LogP contribution in [0.25, 0.3) is 0 Å². The summed E-state index contributed by atoms with van der Waals surface area (Å²) in [6.45, 7) is 5.04. The summed E-state index contributed by atoms with van der Waals surface area (Å²) in [5.41, 5.74) is 1.85. The molecule has 1 N–H and O–H groups in total. The molecule has 0 amide bonds. The number of aromatic nitrogens is 1. The molecule has 8 heteroatoms. The molecule has 1 saturated carbocycles. The van der Waals surface area contributed by atoms with Crippen LogP contribution in [0, 0.1) is 23.7 Å². The molecule has 1 aliphatic heterocycles. The minimum Gasteiger partial charge on any atom is -0.487 e. The summed E-state index contributed by atoms with van der Waals surface area (Å²) in [5.74, 6) is 7.07. The normalized spacial score (nSPS) is 23.1. The quantitative estimate of drug-likeness (QED) is 0.637. The first kappa shape index (κ1) is 24.7. The predicted molar refractivity (Wildman–Crippen MR) is 131 cm³/mol. The summed E-state index contributed by atoms with van der Waals surface area (Å²) in [7, 11) is -1.83. The third-order valence-electron chi connectivity index (χ3n) is 6.33. The van der Waals surface area contributed by atoms with Gasteiger partial charge in [0.05, 0.1) is 6.61 Å². The molecule has 0 radical (unpaired) electrons. The number of benzene rings is 1. The van der Waals surface area contributed by atoms with Crippen LogP contribution < -0.4 is 4.74 Å². The highest BCUT2D eigenvalue weighted by molar-refractivity contribution is 7.89. The van der Waals surface area contributed by atoms with Crippen LogP contribution >= 0.6 is 0 Å². The van der Waals surface area contributed by atoms with Crippen LogP contribution in [0.5, 0.6) is 5.75 Å². The molecule has 0 bridgehead atoms. The lowest BCUT2D eigenvalue weighted by atomic mass is 10.0. The van der Waals surface area contributed by atoms with Gasteiger partial charge in [0.15, 0.2) is 0 Å². The number of hydrogen-bond acceptors (Lipinski definition) is 6. The van der Waals surface area contributed by atoms with E-state index in [-0.39, 0.29) is 30.1 Å². The Morgan fingerprint density at radius 1 is 1.32 bits per heavy atom. The monoisotopic (exact) mass is 483 g/mol. The number of fused-ring (bicyclic) bond motifs is 1. The number of hydrogen-bond donors (Lipinski definition) is 1. The number of aliphatic hydroxyl groups excluding tert-OH is 1. The van der Waals surface area contributed by atoms with Crippen molar-refractivity contribution in [1.82, 2.24) is 14.2 Å². The van der Waals surface area contributed by atoms with Gasteiger partial charge in [-0.25, -0.2) is 8.42 Å². The zero-order valence-electron chi connectivity index (χ0n) is 20.0. The van der Waals surface area contributed by atoms with Gasteiger partial charge in [0.2, 0.25) is 10.0 Å². The third kappa shape index (κ3) is 5.78. The van der Waals surface area contributed by atoms with Crippen LogP contribution in [0.1, 0.15) is 37.8 Å². The molecule has 2 aromatic rings. The van der Waals surface area contributed by atoms with E-state index >= 15 is 0 Å². The van der Waals surface area contributed by atoms with Crippen molar-refractivity contribution in [2.45, 2.75) is 50.3 Å². The Balaban J connectivity index is 1.66. The van der Waals surface area contributed by atoms with E-state index in [1.54, 1.807) is 31.3 Å². The molecule has 2 aliphatic rings. The average Bonchev–Trinajstić information content (AvgIpc) is 3.64. The van der Waals surface area contributed by atoms with Crippen LogP contribution in [0.15, 0.2) is 47.6 Å². The van der Waals surface area contributed by atoms with Crippen molar-refractivity contribution in [1.29, 1.82) is 0 Å². The zero-order chi connectivity index (χ0) is 24.3. The van der Waals surface area contributed by atoms with Crippen molar-refractivity contribution in [3.8, 4) is 17.6 Å². The fourth-order valence-corrected chi connectivity index (χ4v) is 5.94. The summed E-state index contributed by atoms with van der Waals surface area (Å²) < 4.78 is 35.0. The first-order valence-electron chi connectivity index (χ1n) is 11.8. The SMILES string of the molecule is C[C@H](CO)N1C[C@H](C)[C@H](CN(C)Cc2cccnc2)Oc2cc(C#CC3CC3)ccc2S1(=O)=O. The molecule has 1 aromatic carbocycles. The maximum Gasteiger partial charge on any atom is 0.247 e. The molecule has 34 heavy (non-hydrogen) atoms. The standard InChI is InChI=1S/C26H33N3O4S/c1-19-15-29(20(2)18-30)34(31,32)26-11-10-22(9-8-21-6-7-21)13-24(26)33-25(19)17-28(3)16-23-5-4-12-27-14-23/h4-5,10-14,19-21,25,30H,6-7,15-18H2,1-3H3/t19-,20+,25-/m0/s1. The summed E-state index contributed by atoms with van der Waals surface area (Å²) in [5, 5.41) is 9.79. The Bertz CT molecular complexity index is 1160. The molecule has 7 nitrogen and oxygen atoms in total. The van der Waals surface area contributed by atoms with Gasteiger partial charge in [-0.05, 0) is 56.6 Å². The predicted octanol–water partition coefficient (Wildman–Crippen LogP) is 2.74. The molecule has 3 atom stereocenters. The molecule has 1 aliphatic carbocycles. The maximum absolute atomic E-state index is 13.6. The molecule has 2 heterocycles. The Labute approximate surface area is 202 Å². The van der Waals surface area contributed by atoms with Gasteiger partial charge in [-0.2, -0.15) is 4.31 Å². The van der Waals surface area contributed by atoms with E-state index in [1.807, 2.05) is 32.3 Å². The van der Waals surface area contributed by atoms with Gasteiger partial charge >= 0.3 is 0 Å². The largest absolute Gasteiger partial charge is 0.487 e. The van der Waals surface area contributed by atoms with Crippen LogP contribution in [0.4, 0.5) is 0 Å². The average molecular weight is 484 g/mol. The highest BCUT2D eigenvalue weighted by atomic mass is 32.2. The van der Waals surface area contributed by atoms with Crippen LogP contribution in [-0.4, -0.2) is 66.6 Å². The van der Waals surface area contributed by atoms with Crippen molar-refractivity contribution in [2.75, 3.05) is 26.7 Å². The highest BCUT2D eigenvalue weighted by Crippen LogP contribution is 2.34. The summed E-state index contributed by atoms with van der Waals surface area (Å²) >= 11 is 0. The zero-order valence-corrected chi connectivity index (χ0v) is 20.8. The van der Waals surface area contributed by atoms with E-state index in [4.69, 9.17) is 4.74 Å². The molecule has 4 rings (SSSR count). The van der Waals surface area contributed by atoms with Gasteiger partial charge in [-0.1, -0.05) is 24.8 Å². The Hall–Kier alpha value is -2.44. The van der Waals surface area contributed by atoms with E-state index in [0.29, 0.717) is 24.8 Å². The number of sulfonamides is 1. The second kappa shape index (κ2) is 10.4. The summed E-state index contributed by atoms with van der Waals surface area (Å²) in [6.07, 6.45) is 5.59. The number of pyridine rings is 1. The van der Waals surface area contributed by atoms with Crippen molar-refractivity contribution < 1.29 is 18.3 Å². The lowest BCUT2D eigenvalue weighted by Crippen LogP contribution is -2.49. The van der Waals surface area contributed by atoms with Crippen molar-refractivity contribution in [2.24, 2.45) is 11.8 Å². The maximum atomic E-state index is 13.6. The number of aliphatic hydroxyl groups is 1. The number of likely N-dealkylation sites (N-methyl/N-ethyl adjacent to an activating group) is 1. The Morgan fingerprint density at radius 2 is 2.12 bits per heavy atom. The van der Waals surface area contributed by atoms with E-state index in [9.17, 15) is 13.5 Å². The van der Waals surface area contributed by atoms with E-state index < -0.39 is 16.1 Å². The summed E-state index contributed by atoms with van der Waals surface area (Å²) in [4.78, 5) is 6.47. The first-order valence-corrected chi connectivity index (χ1v) is 13.2. The lowest BCUT2D eigenvalue weighted by molar-refractivity contribution is 0.0733. The summed E-state index contributed by atoms with van der Waals surface area (Å²) in [6, 6.07) is 8.48. The first-order chi connectivity index (χ1) is 16.3. The van der Waals surface area contributed by atoms with Crippen molar-refractivity contribution in [3.05, 3.63) is 53.9 Å². The number of ether oxygens (including phenoxy) is 1. The third-order valence-corrected chi connectivity index (χ3v) is 8.35. The van der Waals surface area contributed by atoms with Crippen molar-refractivity contribution in [3.63, 3.8) is 0 Å². The lowest BCUT2D eigenvalue weighted by Gasteiger charge is -2.37. The molecular formula is C26H33N3O4S. The molecule has 182 valence electrons. The van der Waals surface area contributed by atoms with Gasteiger partial charge in [0.25, 0.3) is 0 Å². The van der Waals surface area contributed by atoms with Gasteiger partial charge in [-0.3, -0.25) is 9.88 Å². The van der Waals surface area contributed by atoms with E-state index in [0.717, 1.165) is 24.0 Å². The second-order valence-electron chi connectivity index (χ2n) is 9.50. The van der Waals surface area contributed by atoms with Gasteiger partial charge in [0, 0.05) is 55.5 Å². The minimum absolute atomic E-state index is 0.102. The van der Waals surface area contributed by atoms with Crippen LogP contribution in [-0.2, 0) is 16.6 Å². The molecule has 0 unspecified atom stereocenters. The molecular weight excluding hydrogens is 450 g/mol. The Morgan fingerprint density at radius 3 is 2.79 bits per heavy atom. The molecule has 1 aromatic heterocycles.